The number of carbonyl (C=O) groups is 1. The molecule has 1 N–H and O–H groups in total. The molecule has 0 radical (unpaired) electrons. The second kappa shape index (κ2) is 5.92. The lowest BCUT2D eigenvalue weighted by Gasteiger charge is -2.32. The Morgan fingerprint density at radius 2 is 1.80 bits per heavy atom. The number of carbonyl (C=O) groups excluding carboxylic acids is 1. The van der Waals surface area contributed by atoms with Gasteiger partial charge in [-0.1, -0.05) is 0 Å². The van der Waals surface area contributed by atoms with Gasteiger partial charge in [0.1, 0.15) is 5.82 Å². The van der Waals surface area contributed by atoms with Gasteiger partial charge in [-0.25, -0.2) is 4.39 Å². The largest absolute Gasteiger partial charge is 0.339 e. The van der Waals surface area contributed by atoms with Crippen molar-refractivity contribution in [3.8, 4) is 0 Å². The molecule has 0 atom stereocenters. The smallest absolute Gasteiger partial charge is 0.253 e. The van der Waals surface area contributed by atoms with Gasteiger partial charge < -0.3 is 10.2 Å². The summed E-state index contributed by atoms with van der Waals surface area (Å²) < 4.78 is 12.9. The second-order valence-electron chi connectivity index (χ2n) is 5.92. The van der Waals surface area contributed by atoms with Crippen LogP contribution in [0.2, 0.25) is 0 Å². The molecule has 108 valence electrons. The third kappa shape index (κ3) is 3.37. The topological polar surface area (TPSA) is 32.3 Å². The van der Waals surface area contributed by atoms with Crippen molar-refractivity contribution in [1.29, 1.82) is 0 Å². The van der Waals surface area contributed by atoms with Gasteiger partial charge in [-0.2, -0.15) is 0 Å². The van der Waals surface area contributed by atoms with Crippen LogP contribution in [0.15, 0.2) is 24.3 Å². The first kappa shape index (κ1) is 13.6. The summed E-state index contributed by atoms with van der Waals surface area (Å²) in [6, 6.07) is 6.37. The van der Waals surface area contributed by atoms with Gasteiger partial charge >= 0.3 is 0 Å². The fraction of sp³-hybridized carbons (Fsp3) is 0.562. The molecule has 1 amide bonds. The van der Waals surface area contributed by atoms with E-state index in [4.69, 9.17) is 0 Å². The summed E-state index contributed by atoms with van der Waals surface area (Å²) in [6.45, 7) is 2.72. The molecule has 2 fully saturated rings. The number of nitrogens with zero attached hydrogens (tertiary/aromatic N) is 1. The number of hydrogen-bond acceptors (Lipinski definition) is 2. The Labute approximate surface area is 119 Å². The SMILES string of the molecule is O=C(c1ccc(F)cc1)N1CCC(NCC2CC2)CC1. The first-order valence-corrected chi connectivity index (χ1v) is 7.50. The van der Waals surface area contributed by atoms with Gasteiger partial charge in [-0.15, -0.1) is 0 Å². The monoisotopic (exact) mass is 276 g/mol. The minimum atomic E-state index is -0.301. The fourth-order valence-corrected chi connectivity index (χ4v) is 2.72. The van der Waals surface area contributed by atoms with E-state index in [0.717, 1.165) is 38.4 Å². The average Bonchev–Trinajstić information content (AvgIpc) is 3.30. The maximum absolute atomic E-state index is 12.9. The first-order valence-electron chi connectivity index (χ1n) is 7.50. The van der Waals surface area contributed by atoms with Gasteiger partial charge in [-0.3, -0.25) is 4.79 Å². The number of hydrogen-bond donors (Lipinski definition) is 1. The summed E-state index contributed by atoms with van der Waals surface area (Å²) in [7, 11) is 0. The summed E-state index contributed by atoms with van der Waals surface area (Å²) in [6.07, 6.45) is 4.77. The van der Waals surface area contributed by atoms with Crippen molar-refractivity contribution in [3.05, 3.63) is 35.6 Å². The van der Waals surface area contributed by atoms with E-state index in [2.05, 4.69) is 5.32 Å². The third-order valence-electron chi connectivity index (χ3n) is 4.27. The minimum absolute atomic E-state index is 0.0191. The number of benzene rings is 1. The van der Waals surface area contributed by atoms with Crippen LogP contribution in [0.3, 0.4) is 0 Å². The number of halogens is 1. The van der Waals surface area contributed by atoms with Crippen LogP contribution in [0.25, 0.3) is 0 Å². The molecule has 20 heavy (non-hydrogen) atoms. The highest BCUT2D eigenvalue weighted by molar-refractivity contribution is 5.94. The van der Waals surface area contributed by atoms with Gasteiger partial charge in [0.15, 0.2) is 0 Å². The summed E-state index contributed by atoms with van der Waals surface area (Å²) in [5.41, 5.74) is 0.579. The van der Waals surface area contributed by atoms with Gasteiger partial charge in [0.25, 0.3) is 5.91 Å². The normalized spacial score (nSPS) is 20.1. The molecule has 0 spiro atoms. The Morgan fingerprint density at radius 1 is 1.15 bits per heavy atom. The zero-order valence-corrected chi connectivity index (χ0v) is 11.6. The predicted octanol–water partition coefficient (Wildman–Crippen LogP) is 2.43. The quantitative estimate of drug-likeness (QED) is 0.916. The summed E-state index contributed by atoms with van der Waals surface area (Å²) in [5, 5.41) is 3.60. The zero-order valence-electron chi connectivity index (χ0n) is 11.6. The number of rotatable bonds is 4. The molecule has 4 heteroatoms. The predicted molar refractivity (Wildman–Crippen MR) is 76.1 cm³/mol. The number of piperidine rings is 1. The number of amides is 1. The number of nitrogens with one attached hydrogen (secondary N) is 1. The molecule has 0 bridgehead atoms. The highest BCUT2D eigenvalue weighted by Crippen LogP contribution is 2.28. The molecular weight excluding hydrogens is 255 g/mol. The van der Waals surface area contributed by atoms with Gasteiger partial charge in [0.2, 0.25) is 0 Å². The lowest BCUT2D eigenvalue weighted by atomic mass is 10.0. The molecule has 0 aromatic heterocycles. The maximum atomic E-state index is 12.9. The van der Waals surface area contributed by atoms with Crippen LogP contribution in [0, 0.1) is 11.7 Å². The fourth-order valence-electron chi connectivity index (χ4n) is 2.72. The van der Waals surface area contributed by atoms with Crippen molar-refractivity contribution in [2.24, 2.45) is 5.92 Å². The van der Waals surface area contributed by atoms with Crippen molar-refractivity contribution in [3.63, 3.8) is 0 Å². The van der Waals surface area contributed by atoms with Crippen molar-refractivity contribution < 1.29 is 9.18 Å². The van der Waals surface area contributed by atoms with Gasteiger partial charge in [0, 0.05) is 24.7 Å². The Kier molecular flexibility index (Phi) is 4.01. The van der Waals surface area contributed by atoms with E-state index in [1.165, 1.54) is 25.0 Å². The van der Waals surface area contributed by atoms with E-state index >= 15 is 0 Å². The Bertz CT molecular complexity index is 462. The number of likely N-dealkylation sites (tertiary alicyclic amines) is 1. The van der Waals surface area contributed by atoms with Crippen LogP contribution in [-0.2, 0) is 0 Å². The summed E-state index contributed by atoms with van der Waals surface area (Å²) in [5.74, 6) is 0.615. The average molecular weight is 276 g/mol. The standard InChI is InChI=1S/C16H21FN2O/c17-14-5-3-13(4-6-14)16(20)19-9-7-15(8-10-19)18-11-12-1-2-12/h3-6,12,15,18H,1-2,7-11H2. The molecule has 3 nitrogen and oxygen atoms in total. The van der Waals surface area contributed by atoms with Crippen LogP contribution in [0.1, 0.15) is 36.0 Å². The lowest BCUT2D eigenvalue weighted by Crippen LogP contribution is -2.45. The molecule has 1 saturated carbocycles. The van der Waals surface area contributed by atoms with E-state index in [1.807, 2.05) is 4.90 Å². The van der Waals surface area contributed by atoms with E-state index in [-0.39, 0.29) is 11.7 Å². The van der Waals surface area contributed by atoms with Crippen LogP contribution in [0.4, 0.5) is 4.39 Å². The van der Waals surface area contributed by atoms with Crippen molar-refractivity contribution >= 4 is 5.91 Å². The molecule has 1 heterocycles. The molecule has 1 saturated heterocycles. The molecule has 2 aliphatic rings. The highest BCUT2D eigenvalue weighted by Gasteiger charge is 2.26. The third-order valence-corrected chi connectivity index (χ3v) is 4.27. The van der Waals surface area contributed by atoms with E-state index < -0.39 is 0 Å². The van der Waals surface area contributed by atoms with E-state index in [1.54, 1.807) is 12.1 Å². The van der Waals surface area contributed by atoms with Crippen molar-refractivity contribution in [2.45, 2.75) is 31.7 Å². The van der Waals surface area contributed by atoms with E-state index in [9.17, 15) is 9.18 Å². The van der Waals surface area contributed by atoms with Crippen molar-refractivity contribution in [2.75, 3.05) is 19.6 Å². The minimum Gasteiger partial charge on any atom is -0.339 e. The molecule has 3 rings (SSSR count). The van der Waals surface area contributed by atoms with Crippen LogP contribution in [-0.4, -0.2) is 36.5 Å². The van der Waals surface area contributed by atoms with Gasteiger partial charge in [0.05, 0.1) is 0 Å². The van der Waals surface area contributed by atoms with Crippen molar-refractivity contribution in [1.82, 2.24) is 10.2 Å². The lowest BCUT2D eigenvalue weighted by molar-refractivity contribution is 0.0705. The van der Waals surface area contributed by atoms with Crippen LogP contribution in [0.5, 0.6) is 0 Å². The second-order valence-corrected chi connectivity index (χ2v) is 5.92. The van der Waals surface area contributed by atoms with Gasteiger partial charge in [-0.05, 0) is 62.4 Å². The Balaban J connectivity index is 1.49. The Morgan fingerprint density at radius 3 is 2.40 bits per heavy atom. The zero-order chi connectivity index (χ0) is 13.9. The molecule has 1 aliphatic heterocycles. The molecule has 1 aliphatic carbocycles. The van der Waals surface area contributed by atoms with E-state index in [0.29, 0.717) is 11.6 Å². The first-order chi connectivity index (χ1) is 9.72. The molecular formula is C16H21FN2O. The van der Waals surface area contributed by atoms with Crippen LogP contribution >= 0.6 is 0 Å². The Hall–Kier alpha value is -1.42. The molecule has 0 unspecified atom stereocenters. The van der Waals surface area contributed by atoms with Crippen LogP contribution < -0.4 is 5.32 Å². The highest BCUT2D eigenvalue weighted by atomic mass is 19.1. The molecule has 1 aromatic carbocycles. The summed E-state index contributed by atoms with van der Waals surface area (Å²) >= 11 is 0. The molecule has 1 aromatic rings. The summed E-state index contributed by atoms with van der Waals surface area (Å²) in [4.78, 5) is 14.2. The maximum Gasteiger partial charge on any atom is 0.253 e.